The number of nitrogens with zero attached hydrogens (tertiary/aromatic N) is 2. The third-order valence-electron chi connectivity index (χ3n) is 5.46. The average molecular weight is 468 g/mol. The number of rotatable bonds is 7. The van der Waals surface area contributed by atoms with E-state index in [0.717, 1.165) is 42.9 Å². The van der Waals surface area contributed by atoms with E-state index in [4.69, 9.17) is 16.3 Å². The Balaban J connectivity index is 1.43. The van der Waals surface area contributed by atoms with Gasteiger partial charge in [-0.1, -0.05) is 17.7 Å². The first kappa shape index (κ1) is 21.8. The van der Waals surface area contributed by atoms with Crippen LogP contribution in [0.5, 0.6) is 5.75 Å². The second-order valence-electron chi connectivity index (χ2n) is 7.93. The number of pyridine rings is 1. The highest BCUT2D eigenvalue weighted by Crippen LogP contribution is 2.31. The number of ether oxygens (including phenoxy) is 1. The van der Waals surface area contributed by atoms with Crippen LogP contribution in [0.1, 0.15) is 41.6 Å². The van der Waals surface area contributed by atoms with E-state index in [-0.39, 0.29) is 23.4 Å². The van der Waals surface area contributed by atoms with Crippen molar-refractivity contribution in [2.45, 2.75) is 43.9 Å². The van der Waals surface area contributed by atoms with Gasteiger partial charge in [-0.15, -0.1) is 0 Å². The van der Waals surface area contributed by atoms with Crippen molar-refractivity contribution in [2.75, 3.05) is 18.1 Å². The summed E-state index contributed by atoms with van der Waals surface area (Å²) in [6.45, 7) is 3.10. The largest absolute Gasteiger partial charge is 0.490 e. The first-order chi connectivity index (χ1) is 14.7. The van der Waals surface area contributed by atoms with Gasteiger partial charge >= 0.3 is 0 Å². The van der Waals surface area contributed by atoms with Gasteiger partial charge in [0.15, 0.2) is 0 Å². The summed E-state index contributed by atoms with van der Waals surface area (Å²) >= 11 is 6.20. The van der Waals surface area contributed by atoms with Gasteiger partial charge in [0.25, 0.3) is 5.91 Å². The number of sulfonamides is 1. The van der Waals surface area contributed by atoms with Crippen LogP contribution in [0, 0.1) is 12.7 Å². The Morgan fingerprint density at radius 2 is 2.10 bits per heavy atom. The zero-order chi connectivity index (χ0) is 22.2. The molecule has 1 aliphatic heterocycles. The predicted molar refractivity (Wildman–Crippen MR) is 116 cm³/mol. The van der Waals surface area contributed by atoms with Gasteiger partial charge in [0, 0.05) is 18.8 Å². The molecule has 166 valence electrons. The number of aryl methyl sites for hydroxylation is 1. The van der Waals surface area contributed by atoms with Crippen molar-refractivity contribution in [3.63, 3.8) is 0 Å². The second-order valence-corrected chi connectivity index (χ2v) is 10.3. The third-order valence-corrected chi connectivity index (χ3v) is 7.58. The Morgan fingerprint density at radius 3 is 2.77 bits per heavy atom. The molecule has 10 heteroatoms. The number of carbonyl (C=O) groups is 1. The SMILES string of the molecule is Cc1ccc(N2CCC[C@@H]2COc2cc(F)c(C(=O)NS(=O)(=O)C3CC3)cc2Cl)nc1. The number of hydrogen-bond acceptors (Lipinski definition) is 6. The van der Waals surface area contributed by atoms with E-state index in [1.165, 1.54) is 0 Å². The molecule has 1 N–H and O–H groups in total. The minimum Gasteiger partial charge on any atom is -0.490 e. The van der Waals surface area contributed by atoms with Crippen molar-refractivity contribution in [1.82, 2.24) is 9.71 Å². The second kappa shape index (κ2) is 8.63. The molecule has 2 aliphatic rings. The Kier molecular flexibility index (Phi) is 6.07. The van der Waals surface area contributed by atoms with Crippen molar-refractivity contribution in [3.05, 3.63) is 52.4 Å². The first-order valence-electron chi connectivity index (χ1n) is 10.1. The standard InChI is InChI=1S/C21H23ClFN3O4S/c1-13-4-7-20(24-11-13)26-8-2-3-14(26)12-30-19-10-18(23)16(9-17(19)22)21(27)25-31(28,29)15-5-6-15/h4,7,9-11,14-15H,2-3,5-6,8,12H2,1H3,(H,25,27)/t14-/m1/s1. The Labute approximate surface area is 185 Å². The number of halogens is 2. The lowest BCUT2D eigenvalue weighted by Gasteiger charge is -2.26. The van der Waals surface area contributed by atoms with E-state index >= 15 is 0 Å². The molecule has 4 rings (SSSR count). The van der Waals surface area contributed by atoms with Gasteiger partial charge in [-0.05, 0) is 50.3 Å². The monoisotopic (exact) mass is 467 g/mol. The molecule has 0 spiro atoms. The topological polar surface area (TPSA) is 88.6 Å². The summed E-state index contributed by atoms with van der Waals surface area (Å²) in [5.74, 6) is -0.973. The molecule has 1 aromatic heterocycles. The quantitative estimate of drug-likeness (QED) is 0.671. The maximum absolute atomic E-state index is 14.5. The highest BCUT2D eigenvalue weighted by atomic mass is 35.5. The van der Waals surface area contributed by atoms with Crippen molar-refractivity contribution < 1.29 is 22.3 Å². The molecular formula is C21H23ClFN3O4S. The van der Waals surface area contributed by atoms with E-state index in [1.54, 1.807) is 0 Å². The van der Waals surface area contributed by atoms with Gasteiger partial charge < -0.3 is 9.64 Å². The molecule has 2 fully saturated rings. The van der Waals surface area contributed by atoms with Crippen LogP contribution in [0.25, 0.3) is 0 Å². The van der Waals surface area contributed by atoms with E-state index in [0.29, 0.717) is 12.8 Å². The molecular weight excluding hydrogens is 445 g/mol. The van der Waals surface area contributed by atoms with Crippen LogP contribution in [0.4, 0.5) is 10.2 Å². The fourth-order valence-electron chi connectivity index (χ4n) is 3.59. The minimum absolute atomic E-state index is 0.0355. The van der Waals surface area contributed by atoms with Crippen molar-refractivity contribution in [2.24, 2.45) is 0 Å². The van der Waals surface area contributed by atoms with Gasteiger partial charge in [0.05, 0.1) is 21.9 Å². The molecule has 0 radical (unpaired) electrons. The summed E-state index contributed by atoms with van der Waals surface area (Å²) in [7, 11) is -3.78. The third kappa shape index (κ3) is 4.93. The number of amides is 1. The van der Waals surface area contributed by atoms with Crippen molar-refractivity contribution in [1.29, 1.82) is 0 Å². The number of aromatic nitrogens is 1. The van der Waals surface area contributed by atoms with Gasteiger partial charge in [-0.25, -0.2) is 22.5 Å². The summed E-state index contributed by atoms with van der Waals surface area (Å²) in [5, 5.41) is -0.552. The van der Waals surface area contributed by atoms with Gasteiger partial charge in [0.2, 0.25) is 10.0 Å². The lowest BCUT2D eigenvalue weighted by molar-refractivity contribution is 0.0977. The number of nitrogens with one attached hydrogen (secondary N) is 1. The molecule has 0 unspecified atom stereocenters. The van der Waals surface area contributed by atoms with Crippen LogP contribution in [-0.2, 0) is 10.0 Å². The number of benzene rings is 1. The van der Waals surface area contributed by atoms with Crippen LogP contribution in [0.3, 0.4) is 0 Å². The molecule has 31 heavy (non-hydrogen) atoms. The summed E-state index contributed by atoms with van der Waals surface area (Å²) < 4.78 is 46.1. The lowest BCUT2D eigenvalue weighted by atomic mass is 10.2. The van der Waals surface area contributed by atoms with Gasteiger partial charge in [-0.2, -0.15) is 0 Å². The van der Waals surface area contributed by atoms with Crippen LogP contribution in [-0.4, -0.2) is 43.8 Å². The van der Waals surface area contributed by atoms with Crippen LogP contribution in [0.15, 0.2) is 30.5 Å². The van der Waals surface area contributed by atoms with Crippen molar-refractivity contribution in [3.8, 4) is 5.75 Å². The summed E-state index contributed by atoms with van der Waals surface area (Å²) in [6, 6.07) is 6.13. The van der Waals surface area contributed by atoms with E-state index in [2.05, 4.69) is 9.88 Å². The zero-order valence-electron chi connectivity index (χ0n) is 17.0. The zero-order valence-corrected chi connectivity index (χ0v) is 18.5. The van der Waals surface area contributed by atoms with Crippen LogP contribution >= 0.6 is 11.6 Å². The average Bonchev–Trinajstić information content (AvgIpc) is 3.49. The molecule has 7 nitrogen and oxygen atoms in total. The smallest absolute Gasteiger partial charge is 0.267 e. The highest BCUT2D eigenvalue weighted by molar-refractivity contribution is 7.91. The maximum Gasteiger partial charge on any atom is 0.267 e. The Hall–Kier alpha value is -2.39. The van der Waals surface area contributed by atoms with Crippen LogP contribution < -0.4 is 14.4 Å². The lowest BCUT2D eigenvalue weighted by Crippen LogP contribution is -2.35. The molecule has 2 heterocycles. The van der Waals surface area contributed by atoms with Crippen molar-refractivity contribution >= 4 is 33.3 Å². The van der Waals surface area contributed by atoms with Gasteiger partial charge in [-0.3, -0.25) is 4.79 Å². The maximum atomic E-state index is 14.5. The molecule has 0 bridgehead atoms. The molecule has 1 saturated carbocycles. The first-order valence-corrected chi connectivity index (χ1v) is 12.0. The minimum atomic E-state index is -3.78. The molecule has 1 amide bonds. The Morgan fingerprint density at radius 1 is 1.32 bits per heavy atom. The molecule has 1 saturated heterocycles. The van der Waals surface area contributed by atoms with E-state index in [1.807, 2.05) is 30.0 Å². The summed E-state index contributed by atoms with van der Waals surface area (Å²) in [5.41, 5.74) is 0.639. The summed E-state index contributed by atoms with van der Waals surface area (Å²) in [4.78, 5) is 18.8. The Bertz CT molecular complexity index is 1090. The molecule has 1 aromatic carbocycles. The fraction of sp³-hybridized carbons (Fsp3) is 0.429. The summed E-state index contributed by atoms with van der Waals surface area (Å²) in [6.07, 6.45) is 4.68. The van der Waals surface area contributed by atoms with E-state index in [9.17, 15) is 17.6 Å². The highest BCUT2D eigenvalue weighted by Gasteiger charge is 2.37. The number of carbonyl (C=O) groups excluding carboxylic acids is 1. The fourth-order valence-corrected chi connectivity index (χ4v) is 5.10. The predicted octanol–water partition coefficient (Wildman–Crippen LogP) is 3.45. The number of hydrogen-bond donors (Lipinski definition) is 1. The molecule has 2 aromatic rings. The molecule has 1 aliphatic carbocycles. The number of anilines is 1. The van der Waals surface area contributed by atoms with Gasteiger partial charge in [0.1, 0.15) is 24.0 Å². The molecule has 1 atom stereocenters. The normalized spacial score (nSPS) is 18.8. The van der Waals surface area contributed by atoms with Crippen LogP contribution in [0.2, 0.25) is 5.02 Å². The van der Waals surface area contributed by atoms with E-state index < -0.39 is 32.6 Å².